The first-order valence-corrected chi connectivity index (χ1v) is 12.6. The molecule has 34 heavy (non-hydrogen) atoms. The molecule has 0 saturated carbocycles. The lowest BCUT2D eigenvalue weighted by Gasteiger charge is -2.32. The van der Waals surface area contributed by atoms with E-state index in [-0.39, 0.29) is 18.1 Å². The molecule has 1 aromatic carbocycles. The topological polar surface area (TPSA) is 88.9 Å². The zero-order valence-electron chi connectivity index (χ0n) is 18.9. The van der Waals surface area contributed by atoms with Gasteiger partial charge in [-0.05, 0) is 54.5 Å². The highest BCUT2D eigenvalue weighted by molar-refractivity contribution is 7.19. The fourth-order valence-corrected chi connectivity index (χ4v) is 7.12. The molecule has 4 aliphatic rings. The number of morpholine rings is 1. The molecule has 2 bridgehead atoms. The number of amides is 1. The van der Waals surface area contributed by atoms with Gasteiger partial charge in [0.1, 0.15) is 22.7 Å². The quantitative estimate of drug-likeness (QED) is 0.622. The van der Waals surface area contributed by atoms with E-state index < -0.39 is 0 Å². The summed E-state index contributed by atoms with van der Waals surface area (Å²) in [5.74, 6) is 1.90. The number of benzene rings is 1. The number of thiophene rings is 1. The fraction of sp³-hybridized carbons (Fsp3) is 0.440. The number of carbonyl (C=O) groups is 1. The third kappa shape index (κ3) is 3.14. The van der Waals surface area contributed by atoms with Crippen molar-refractivity contribution in [1.82, 2.24) is 14.9 Å². The second-order valence-corrected chi connectivity index (χ2v) is 10.6. The number of carbonyl (C=O) groups excluding carboxylic acids is 1. The Kier molecular flexibility index (Phi) is 4.63. The number of anilines is 2. The summed E-state index contributed by atoms with van der Waals surface area (Å²) in [6.45, 7) is 2.14. The molecule has 1 aliphatic carbocycles. The van der Waals surface area contributed by atoms with Gasteiger partial charge in [-0.1, -0.05) is 0 Å². The molecule has 174 valence electrons. The predicted molar refractivity (Wildman–Crippen MR) is 130 cm³/mol. The van der Waals surface area contributed by atoms with Crippen molar-refractivity contribution in [2.75, 3.05) is 25.6 Å². The number of aryl methyl sites for hydroxylation is 1. The van der Waals surface area contributed by atoms with Crippen LogP contribution in [0.4, 0.5) is 11.5 Å². The van der Waals surface area contributed by atoms with Gasteiger partial charge in [0.05, 0.1) is 43.5 Å². The van der Waals surface area contributed by atoms with Crippen molar-refractivity contribution in [3.8, 4) is 5.75 Å². The largest absolute Gasteiger partial charge is 0.495 e. The van der Waals surface area contributed by atoms with Crippen molar-refractivity contribution in [3.63, 3.8) is 0 Å². The fourth-order valence-electron chi connectivity index (χ4n) is 5.85. The molecule has 1 N–H and O–H groups in total. The lowest BCUT2D eigenvalue weighted by atomic mass is 9.86. The Bertz CT molecular complexity index is 1350. The van der Waals surface area contributed by atoms with E-state index in [1.165, 1.54) is 10.4 Å². The van der Waals surface area contributed by atoms with Crippen molar-refractivity contribution in [2.24, 2.45) is 10.9 Å². The van der Waals surface area contributed by atoms with Crippen LogP contribution in [0.5, 0.6) is 5.75 Å². The molecule has 2 unspecified atom stereocenters. The molecule has 2 saturated heterocycles. The second-order valence-electron chi connectivity index (χ2n) is 9.53. The number of ether oxygens (including phenoxy) is 2. The first-order valence-electron chi connectivity index (χ1n) is 11.8. The van der Waals surface area contributed by atoms with Gasteiger partial charge in [-0.15, -0.1) is 11.3 Å². The molecule has 2 fully saturated rings. The minimum atomic E-state index is 0.0420. The molecule has 1 amide bonds. The molecule has 0 radical (unpaired) electrons. The molecule has 5 heterocycles. The summed E-state index contributed by atoms with van der Waals surface area (Å²) in [7, 11) is 1.68. The lowest BCUT2D eigenvalue weighted by Crippen LogP contribution is -2.45. The lowest BCUT2D eigenvalue weighted by molar-refractivity contribution is -0.140. The smallest absolute Gasteiger partial charge is 0.226 e. The van der Waals surface area contributed by atoms with Crippen LogP contribution in [0.15, 0.2) is 23.5 Å². The zero-order valence-corrected chi connectivity index (χ0v) is 19.7. The van der Waals surface area contributed by atoms with Crippen LogP contribution >= 0.6 is 11.3 Å². The van der Waals surface area contributed by atoms with Gasteiger partial charge in [0, 0.05) is 23.6 Å². The van der Waals surface area contributed by atoms with Crippen molar-refractivity contribution in [1.29, 1.82) is 0 Å². The highest BCUT2D eigenvalue weighted by Gasteiger charge is 2.43. The standard InChI is InChI=1S/C25H25N5O3S/c1-32-20-5-15-9-26-8-14(15)4-19(20)29-23-22-18-3-2-13(6-21(18)34-24(22)28-12-27-23)25(31)30-10-17-7-16(30)11-33-17/h4-5,8,12-13,16-17H,2-3,6-7,9-11H2,1H3,(H,27,28,29)/t13-,16?,17?/m0/s1. The summed E-state index contributed by atoms with van der Waals surface area (Å²) in [5, 5.41) is 4.58. The van der Waals surface area contributed by atoms with Gasteiger partial charge in [-0.2, -0.15) is 0 Å². The van der Waals surface area contributed by atoms with E-state index in [0.29, 0.717) is 19.1 Å². The molecule has 0 spiro atoms. The number of nitrogens with zero attached hydrogens (tertiary/aromatic N) is 4. The van der Waals surface area contributed by atoms with E-state index >= 15 is 0 Å². The number of hydrogen-bond acceptors (Lipinski definition) is 8. The van der Waals surface area contributed by atoms with E-state index in [1.54, 1.807) is 24.8 Å². The van der Waals surface area contributed by atoms with Gasteiger partial charge < -0.3 is 19.7 Å². The normalized spacial score (nSPS) is 24.5. The maximum Gasteiger partial charge on any atom is 0.226 e. The number of nitrogens with one attached hydrogen (secondary N) is 1. The number of fused-ring (bicyclic) bond motifs is 6. The van der Waals surface area contributed by atoms with Gasteiger partial charge >= 0.3 is 0 Å². The Balaban J connectivity index is 1.20. The predicted octanol–water partition coefficient (Wildman–Crippen LogP) is 3.48. The average Bonchev–Trinajstić information content (AvgIpc) is 3.65. The van der Waals surface area contributed by atoms with Crippen LogP contribution in [-0.4, -0.2) is 59.4 Å². The van der Waals surface area contributed by atoms with Gasteiger partial charge in [-0.25, -0.2) is 9.97 Å². The van der Waals surface area contributed by atoms with E-state index in [0.717, 1.165) is 70.8 Å². The number of methoxy groups -OCH3 is 1. The summed E-state index contributed by atoms with van der Waals surface area (Å²) < 4.78 is 11.3. The molecule has 3 atom stereocenters. The molecule has 9 heteroatoms. The third-order valence-electron chi connectivity index (χ3n) is 7.58. The minimum Gasteiger partial charge on any atom is -0.495 e. The first-order chi connectivity index (χ1) is 16.7. The van der Waals surface area contributed by atoms with E-state index in [1.807, 2.05) is 12.3 Å². The Hall–Kier alpha value is -3.04. The summed E-state index contributed by atoms with van der Waals surface area (Å²) in [6.07, 6.45) is 7.25. The first kappa shape index (κ1) is 20.3. The highest BCUT2D eigenvalue weighted by Crippen LogP contribution is 2.42. The molecule has 3 aliphatic heterocycles. The van der Waals surface area contributed by atoms with Gasteiger partial charge in [0.15, 0.2) is 0 Å². The van der Waals surface area contributed by atoms with Crippen LogP contribution in [0.1, 0.15) is 34.4 Å². The van der Waals surface area contributed by atoms with Crippen molar-refractivity contribution < 1.29 is 14.3 Å². The number of rotatable bonds is 4. The molecule has 8 nitrogen and oxygen atoms in total. The van der Waals surface area contributed by atoms with Crippen LogP contribution in [0, 0.1) is 5.92 Å². The summed E-state index contributed by atoms with van der Waals surface area (Å²) in [6, 6.07) is 4.38. The van der Waals surface area contributed by atoms with Crippen molar-refractivity contribution in [3.05, 3.63) is 40.0 Å². The number of hydrogen-bond donors (Lipinski definition) is 1. The third-order valence-corrected chi connectivity index (χ3v) is 8.75. The van der Waals surface area contributed by atoms with Crippen LogP contribution in [-0.2, 0) is 28.9 Å². The highest BCUT2D eigenvalue weighted by atomic mass is 32.1. The molecule has 2 aromatic heterocycles. The Labute approximate surface area is 201 Å². The Morgan fingerprint density at radius 1 is 1.32 bits per heavy atom. The summed E-state index contributed by atoms with van der Waals surface area (Å²) in [4.78, 5) is 31.1. The summed E-state index contributed by atoms with van der Waals surface area (Å²) in [5.41, 5.74) is 4.41. The average molecular weight is 476 g/mol. The Morgan fingerprint density at radius 3 is 3.09 bits per heavy atom. The van der Waals surface area contributed by atoms with Crippen LogP contribution in [0.3, 0.4) is 0 Å². The monoisotopic (exact) mass is 475 g/mol. The summed E-state index contributed by atoms with van der Waals surface area (Å²) >= 11 is 1.69. The maximum atomic E-state index is 13.3. The van der Waals surface area contributed by atoms with Crippen LogP contribution in [0.25, 0.3) is 10.2 Å². The zero-order chi connectivity index (χ0) is 22.8. The van der Waals surface area contributed by atoms with Crippen molar-refractivity contribution in [2.45, 2.75) is 44.4 Å². The van der Waals surface area contributed by atoms with Crippen LogP contribution in [0.2, 0.25) is 0 Å². The van der Waals surface area contributed by atoms with Crippen LogP contribution < -0.4 is 10.1 Å². The maximum absolute atomic E-state index is 13.3. The minimum absolute atomic E-state index is 0.0420. The number of likely N-dealkylation sites (tertiary alicyclic amines) is 1. The second kappa shape index (κ2) is 7.74. The molecule has 3 aromatic rings. The Morgan fingerprint density at radius 2 is 2.26 bits per heavy atom. The molecular formula is C25H25N5O3S. The number of aromatic nitrogens is 2. The molecular weight excluding hydrogens is 450 g/mol. The van der Waals surface area contributed by atoms with Crippen molar-refractivity contribution >= 4 is 45.2 Å². The molecule has 7 rings (SSSR count). The van der Waals surface area contributed by atoms with Gasteiger partial charge in [0.2, 0.25) is 5.91 Å². The number of aliphatic imine (C=N–C) groups is 1. The SMILES string of the molecule is COc1cc2c(cc1Nc1ncnc3sc4c(c13)CC[C@H](C(=O)N1CC3CC1CO3)C4)C=NC2. The van der Waals surface area contributed by atoms with Gasteiger partial charge in [-0.3, -0.25) is 9.79 Å². The van der Waals surface area contributed by atoms with E-state index in [4.69, 9.17) is 9.47 Å². The van der Waals surface area contributed by atoms with E-state index in [9.17, 15) is 4.79 Å². The van der Waals surface area contributed by atoms with E-state index in [2.05, 4.69) is 31.2 Å². The van der Waals surface area contributed by atoms with Gasteiger partial charge in [0.25, 0.3) is 0 Å².